The van der Waals surface area contributed by atoms with E-state index in [-0.39, 0.29) is 11.5 Å². The highest BCUT2D eigenvalue weighted by molar-refractivity contribution is 5.68. The molecule has 0 saturated carbocycles. The Hall–Kier alpha value is -2.78. The number of nitrogens with zero attached hydrogens (tertiary/aromatic N) is 8. The average Bonchev–Trinajstić information content (AvgIpc) is 3.22. The number of anilines is 1. The number of ether oxygens (including phenoxy) is 1. The summed E-state index contributed by atoms with van der Waals surface area (Å²) in [5.41, 5.74) is 0.477. The van der Waals surface area contributed by atoms with Crippen molar-refractivity contribution in [1.29, 1.82) is 0 Å². The van der Waals surface area contributed by atoms with E-state index in [0.29, 0.717) is 0 Å². The van der Waals surface area contributed by atoms with E-state index in [4.69, 9.17) is 4.74 Å². The lowest BCUT2D eigenvalue weighted by Crippen LogP contribution is -2.51. The zero-order valence-corrected chi connectivity index (χ0v) is 17.3. The predicted octanol–water partition coefficient (Wildman–Crippen LogP) is 2.07. The first-order valence-corrected chi connectivity index (χ1v) is 10.1. The smallest absolute Gasteiger partial charge is 0.410 e. The van der Waals surface area contributed by atoms with Crippen molar-refractivity contribution in [3.63, 3.8) is 0 Å². The van der Waals surface area contributed by atoms with Crippen LogP contribution in [0.1, 0.15) is 46.5 Å². The summed E-state index contributed by atoms with van der Waals surface area (Å²) in [6, 6.07) is 0. The van der Waals surface area contributed by atoms with Gasteiger partial charge in [-0.2, -0.15) is 4.68 Å². The summed E-state index contributed by atoms with van der Waals surface area (Å²) in [5.74, 6) is 0.732. The van der Waals surface area contributed by atoms with Gasteiger partial charge in [0.2, 0.25) is 5.95 Å². The second kappa shape index (κ2) is 7.57. The summed E-state index contributed by atoms with van der Waals surface area (Å²) in [5, 5.41) is 11.1. The topological polar surface area (TPSA) is 102 Å². The Morgan fingerprint density at radius 2 is 1.83 bits per heavy atom. The maximum absolute atomic E-state index is 12.4. The molecule has 4 heterocycles. The number of piperidine rings is 2. The molecule has 29 heavy (non-hydrogen) atoms. The third kappa shape index (κ3) is 4.46. The number of aromatic nitrogens is 6. The number of hydrogen-bond acceptors (Lipinski definition) is 8. The monoisotopic (exact) mass is 400 g/mol. The summed E-state index contributed by atoms with van der Waals surface area (Å²) in [6.45, 7) is 9.05. The highest BCUT2D eigenvalue weighted by atomic mass is 16.6. The summed E-state index contributed by atoms with van der Waals surface area (Å²) in [7, 11) is 0. The molecule has 1 spiro atoms. The molecular weight excluding hydrogens is 372 g/mol. The average molecular weight is 400 g/mol. The van der Waals surface area contributed by atoms with Crippen molar-refractivity contribution in [2.45, 2.75) is 52.1 Å². The number of rotatable bonds is 2. The van der Waals surface area contributed by atoms with Crippen molar-refractivity contribution >= 4 is 12.0 Å². The number of hydrogen-bond donors (Lipinski definition) is 0. The van der Waals surface area contributed by atoms with Gasteiger partial charge in [0.05, 0.1) is 12.4 Å². The highest BCUT2D eigenvalue weighted by Gasteiger charge is 2.40. The molecule has 2 aliphatic rings. The van der Waals surface area contributed by atoms with Crippen LogP contribution in [0.3, 0.4) is 0 Å². The Bertz CT molecular complexity index is 823. The number of tetrazole rings is 1. The van der Waals surface area contributed by atoms with Gasteiger partial charge in [-0.05, 0) is 62.3 Å². The number of carbonyl (C=O) groups is 1. The molecule has 0 aromatic carbocycles. The first kappa shape index (κ1) is 19.5. The molecule has 2 aliphatic heterocycles. The van der Waals surface area contributed by atoms with E-state index in [1.807, 2.05) is 25.7 Å². The molecule has 4 rings (SSSR count). The molecule has 2 fully saturated rings. The van der Waals surface area contributed by atoms with Crippen molar-refractivity contribution in [2.24, 2.45) is 5.41 Å². The van der Waals surface area contributed by atoms with Gasteiger partial charge < -0.3 is 14.5 Å². The van der Waals surface area contributed by atoms with Crippen LogP contribution in [-0.2, 0) is 4.74 Å². The fourth-order valence-electron chi connectivity index (χ4n) is 4.15. The van der Waals surface area contributed by atoms with Crippen LogP contribution in [0.5, 0.6) is 0 Å². The van der Waals surface area contributed by atoms with Gasteiger partial charge in [0.25, 0.3) is 0 Å². The molecule has 1 amide bonds. The Balaban J connectivity index is 1.38. The van der Waals surface area contributed by atoms with Gasteiger partial charge in [-0.15, -0.1) is 5.10 Å². The lowest BCUT2D eigenvalue weighted by molar-refractivity contribution is 0.00810. The minimum absolute atomic E-state index is 0.203. The van der Waals surface area contributed by atoms with Gasteiger partial charge in [0.15, 0.2) is 0 Å². The molecule has 0 aliphatic carbocycles. The summed E-state index contributed by atoms with van der Waals surface area (Å²) >= 11 is 0. The van der Waals surface area contributed by atoms with Gasteiger partial charge in [-0.1, -0.05) is 0 Å². The number of carbonyl (C=O) groups excluding carboxylic acids is 1. The molecule has 156 valence electrons. The fourth-order valence-corrected chi connectivity index (χ4v) is 4.15. The summed E-state index contributed by atoms with van der Waals surface area (Å²) < 4.78 is 7.06. The second-order valence-electron chi connectivity index (χ2n) is 8.99. The molecule has 10 heteroatoms. The molecular formula is C19H28N8O2. The third-order valence-corrected chi connectivity index (χ3v) is 5.66. The van der Waals surface area contributed by atoms with Crippen LogP contribution in [-0.4, -0.2) is 72.9 Å². The van der Waals surface area contributed by atoms with E-state index in [1.54, 1.807) is 12.4 Å². The van der Waals surface area contributed by atoms with Crippen LogP contribution in [0.25, 0.3) is 5.69 Å². The predicted molar refractivity (Wildman–Crippen MR) is 106 cm³/mol. The minimum atomic E-state index is -0.459. The van der Waals surface area contributed by atoms with E-state index in [2.05, 4.69) is 30.4 Å². The zero-order valence-electron chi connectivity index (χ0n) is 17.3. The molecule has 2 saturated heterocycles. The van der Waals surface area contributed by atoms with Gasteiger partial charge in [-0.25, -0.2) is 14.8 Å². The van der Waals surface area contributed by atoms with E-state index < -0.39 is 5.60 Å². The van der Waals surface area contributed by atoms with Gasteiger partial charge in [0, 0.05) is 26.2 Å². The van der Waals surface area contributed by atoms with Crippen LogP contribution < -0.4 is 4.90 Å². The van der Waals surface area contributed by atoms with Crippen molar-refractivity contribution < 1.29 is 9.53 Å². The van der Waals surface area contributed by atoms with Crippen LogP contribution >= 0.6 is 0 Å². The van der Waals surface area contributed by atoms with Crippen LogP contribution in [0.2, 0.25) is 0 Å². The first-order chi connectivity index (χ1) is 13.8. The van der Waals surface area contributed by atoms with Crippen molar-refractivity contribution in [2.75, 3.05) is 31.1 Å². The molecule has 0 radical (unpaired) electrons. The molecule has 0 unspecified atom stereocenters. The van der Waals surface area contributed by atoms with Gasteiger partial charge >= 0.3 is 6.09 Å². The van der Waals surface area contributed by atoms with E-state index in [9.17, 15) is 4.79 Å². The standard InChI is InChI=1S/C19H28N8O2/c1-18(2,3)29-17(28)25-9-6-19(7-10-25)5-4-8-26(13-19)16-20-11-15(12-21-16)27-14-22-23-24-27/h11-12,14H,4-10,13H2,1-3H3. The second-order valence-corrected chi connectivity index (χ2v) is 8.99. The SMILES string of the molecule is CC(C)(C)OC(=O)N1CCC2(CCCN(c3ncc(-n4cnnn4)cn3)C2)CC1. The van der Waals surface area contributed by atoms with E-state index in [0.717, 1.165) is 57.1 Å². The molecule has 2 aromatic rings. The van der Waals surface area contributed by atoms with Gasteiger partial charge in [0.1, 0.15) is 17.6 Å². The maximum Gasteiger partial charge on any atom is 0.410 e. The van der Waals surface area contributed by atoms with Crippen LogP contribution in [0.15, 0.2) is 18.7 Å². The van der Waals surface area contributed by atoms with Crippen LogP contribution in [0, 0.1) is 5.41 Å². The van der Waals surface area contributed by atoms with Crippen LogP contribution in [0.4, 0.5) is 10.7 Å². The first-order valence-electron chi connectivity index (χ1n) is 10.1. The molecule has 0 atom stereocenters. The van der Waals surface area contributed by atoms with E-state index in [1.165, 1.54) is 17.4 Å². The number of amides is 1. The van der Waals surface area contributed by atoms with Crippen molar-refractivity contribution in [1.82, 2.24) is 35.1 Å². The molecule has 10 nitrogen and oxygen atoms in total. The molecule has 2 aromatic heterocycles. The maximum atomic E-state index is 12.4. The Morgan fingerprint density at radius 1 is 1.10 bits per heavy atom. The third-order valence-electron chi connectivity index (χ3n) is 5.66. The Labute approximate surface area is 170 Å². The van der Waals surface area contributed by atoms with E-state index >= 15 is 0 Å². The van der Waals surface area contributed by atoms with Crippen molar-refractivity contribution in [3.8, 4) is 5.69 Å². The largest absolute Gasteiger partial charge is 0.444 e. The summed E-state index contributed by atoms with van der Waals surface area (Å²) in [6.07, 6.45) is 9.03. The zero-order chi connectivity index (χ0) is 20.5. The fraction of sp³-hybridized carbons (Fsp3) is 0.684. The lowest BCUT2D eigenvalue weighted by Gasteiger charge is -2.47. The quantitative estimate of drug-likeness (QED) is 0.755. The normalized spacial score (nSPS) is 19.4. The Kier molecular flexibility index (Phi) is 5.10. The lowest BCUT2D eigenvalue weighted by atomic mass is 9.72. The Morgan fingerprint density at radius 3 is 2.45 bits per heavy atom. The highest BCUT2D eigenvalue weighted by Crippen LogP contribution is 2.40. The minimum Gasteiger partial charge on any atom is -0.444 e. The molecule has 0 bridgehead atoms. The number of likely N-dealkylation sites (tertiary alicyclic amines) is 1. The summed E-state index contributed by atoms with van der Waals surface area (Å²) in [4.78, 5) is 25.5. The van der Waals surface area contributed by atoms with Gasteiger partial charge in [-0.3, -0.25) is 0 Å². The van der Waals surface area contributed by atoms with Crippen molar-refractivity contribution in [3.05, 3.63) is 18.7 Å². The molecule has 0 N–H and O–H groups in total.